The van der Waals surface area contributed by atoms with E-state index in [0.717, 1.165) is 4.90 Å². The fourth-order valence-electron chi connectivity index (χ4n) is 4.55. The topological polar surface area (TPSA) is 96.3 Å². The van der Waals surface area contributed by atoms with Crippen LogP contribution in [-0.2, 0) is 15.1 Å². The van der Waals surface area contributed by atoms with Gasteiger partial charge in [0.25, 0.3) is 11.8 Å². The Labute approximate surface area is 190 Å². The van der Waals surface area contributed by atoms with Crippen molar-refractivity contribution in [2.24, 2.45) is 4.99 Å². The third-order valence-electron chi connectivity index (χ3n) is 6.12. The molecule has 2 aliphatic rings. The van der Waals surface area contributed by atoms with E-state index < -0.39 is 29.4 Å². The summed E-state index contributed by atoms with van der Waals surface area (Å²) in [6, 6.07) is 21.2. The number of imide groups is 1. The van der Waals surface area contributed by atoms with Gasteiger partial charge in [0.1, 0.15) is 11.6 Å². The lowest BCUT2D eigenvalue weighted by atomic mass is 9.81. The van der Waals surface area contributed by atoms with Crippen molar-refractivity contribution in [2.45, 2.75) is 18.1 Å². The molecule has 0 fully saturated rings. The molecule has 0 spiro atoms. The van der Waals surface area contributed by atoms with Gasteiger partial charge < -0.3 is 9.84 Å². The quantitative estimate of drug-likeness (QED) is 0.485. The first-order valence-corrected chi connectivity index (χ1v) is 10.5. The summed E-state index contributed by atoms with van der Waals surface area (Å²) in [5.74, 6) is -1.99. The molecule has 3 aromatic carbocycles. The standard InChI is InChI=1S/C26H20N2O5/c1-33-25(31)21(28-23(29)17-11-5-6-12-18(17)24(28)30)15-26(32)19-13-7-8-14-20(19)27-22(26)16-9-3-2-4-10-16/h2-14,21,32H,15H2,1H3/t21-,26+/m0/s1. The van der Waals surface area contributed by atoms with Crippen molar-refractivity contribution in [1.82, 2.24) is 4.90 Å². The Hall–Kier alpha value is -4.10. The number of aliphatic imine (C=N–C) groups is 1. The lowest BCUT2D eigenvalue weighted by molar-refractivity contribution is -0.146. The molecular weight excluding hydrogens is 420 g/mol. The minimum atomic E-state index is -1.73. The molecule has 7 heteroatoms. The second kappa shape index (κ2) is 7.79. The van der Waals surface area contributed by atoms with Crippen molar-refractivity contribution in [1.29, 1.82) is 0 Å². The largest absolute Gasteiger partial charge is 0.467 e. The number of para-hydroxylation sites is 1. The number of carbonyl (C=O) groups excluding carboxylic acids is 3. The predicted molar refractivity (Wildman–Crippen MR) is 120 cm³/mol. The van der Waals surface area contributed by atoms with E-state index in [-0.39, 0.29) is 17.5 Å². The Kier molecular flexibility index (Phi) is 4.91. The first-order chi connectivity index (χ1) is 16.0. The maximum Gasteiger partial charge on any atom is 0.329 e. The molecule has 2 amide bonds. The van der Waals surface area contributed by atoms with Crippen LogP contribution in [0.1, 0.15) is 38.3 Å². The van der Waals surface area contributed by atoms with Crippen LogP contribution in [0.2, 0.25) is 0 Å². The lowest BCUT2D eigenvalue weighted by Crippen LogP contribution is -2.50. The van der Waals surface area contributed by atoms with Crippen LogP contribution in [0.15, 0.2) is 83.9 Å². The smallest absolute Gasteiger partial charge is 0.329 e. The van der Waals surface area contributed by atoms with Gasteiger partial charge in [-0.2, -0.15) is 0 Å². The average Bonchev–Trinajstić information content (AvgIpc) is 3.29. The third kappa shape index (κ3) is 3.16. The van der Waals surface area contributed by atoms with Crippen LogP contribution in [0.5, 0.6) is 0 Å². The zero-order chi connectivity index (χ0) is 23.2. The van der Waals surface area contributed by atoms with Gasteiger partial charge in [0, 0.05) is 12.0 Å². The highest BCUT2D eigenvalue weighted by Crippen LogP contribution is 2.44. The number of carbonyl (C=O) groups is 3. The molecule has 164 valence electrons. The Bertz CT molecular complexity index is 1280. The van der Waals surface area contributed by atoms with Crippen molar-refractivity contribution >= 4 is 29.2 Å². The monoisotopic (exact) mass is 440 g/mol. The molecule has 0 saturated carbocycles. The summed E-state index contributed by atoms with van der Waals surface area (Å²) in [5, 5.41) is 12.0. The minimum absolute atomic E-state index is 0.215. The second-order valence-corrected chi connectivity index (χ2v) is 7.97. The average molecular weight is 440 g/mol. The van der Waals surface area contributed by atoms with Gasteiger partial charge in [-0.05, 0) is 23.8 Å². The zero-order valence-electron chi connectivity index (χ0n) is 17.8. The second-order valence-electron chi connectivity index (χ2n) is 7.97. The molecule has 0 aromatic heterocycles. The van der Waals surface area contributed by atoms with Crippen LogP contribution in [0.25, 0.3) is 0 Å². The number of nitrogens with zero attached hydrogens (tertiary/aromatic N) is 2. The highest BCUT2D eigenvalue weighted by Gasteiger charge is 2.51. The van der Waals surface area contributed by atoms with E-state index in [0.29, 0.717) is 22.5 Å². The van der Waals surface area contributed by atoms with Gasteiger partial charge in [-0.3, -0.25) is 14.5 Å². The van der Waals surface area contributed by atoms with Gasteiger partial charge in [-0.1, -0.05) is 60.7 Å². The van der Waals surface area contributed by atoms with E-state index in [1.54, 1.807) is 48.5 Å². The van der Waals surface area contributed by atoms with E-state index in [1.165, 1.54) is 7.11 Å². The lowest BCUT2D eigenvalue weighted by Gasteiger charge is -2.33. The highest BCUT2D eigenvalue weighted by molar-refractivity contribution is 6.23. The molecule has 0 bridgehead atoms. The van der Waals surface area contributed by atoms with Crippen LogP contribution >= 0.6 is 0 Å². The van der Waals surface area contributed by atoms with Crippen molar-refractivity contribution in [2.75, 3.05) is 7.11 Å². The SMILES string of the molecule is COC(=O)[C@H](C[C@]1(O)C(c2ccccc2)=Nc2ccccc21)N1C(=O)c2ccccc2C1=O. The molecule has 3 aromatic rings. The Morgan fingerprint density at radius 2 is 1.52 bits per heavy atom. The van der Waals surface area contributed by atoms with Crippen molar-refractivity contribution in [3.63, 3.8) is 0 Å². The molecule has 0 radical (unpaired) electrons. The first kappa shape index (κ1) is 20.8. The summed E-state index contributed by atoms with van der Waals surface area (Å²) in [6.45, 7) is 0. The van der Waals surface area contributed by atoms with Crippen LogP contribution < -0.4 is 0 Å². The third-order valence-corrected chi connectivity index (χ3v) is 6.12. The van der Waals surface area contributed by atoms with Gasteiger partial charge in [0.15, 0.2) is 0 Å². The molecular formula is C26H20N2O5. The maximum absolute atomic E-state index is 13.1. The number of fused-ring (bicyclic) bond motifs is 2. The summed E-state index contributed by atoms with van der Waals surface area (Å²) in [7, 11) is 1.19. The van der Waals surface area contributed by atoms with E-state index in [4.69, 9.17) is 4.74 Å². The van der Waals surface area contributed by atoms with Crippen molar-refractivity contribution < 1.29 is 24.2 Å². The minimum Gasteiger partial charge on any atom is -0.467 e. The number of hydrogen-bond acceptors (Lipinski definition) is 6. The Balaban J connectivity index is 1.61. The van der Waals surface area contributed by atoms with Crippen LogP contribution in [0, 0.1) is 0 Å². The number of amides is 2. The number of ether oxygens (including phenoxy) is 1. The van der Waals surface area contributed by atoms with Crippen LogP contribution in [0.4, 0.5) is 5.69 Å². The summed E-state index contributed by atoms with van der Waals surface area (Å²) in [4.78, 5) is 44.7. The number of aliphatic hydroxyl groups is 1. The molecule has 33 heavy (non-hydrogen) atoms. The van der Waals surface area contributed by atoms with Gasteiger partial charge in [-0.25, -0.2) is 9.79 Å². The fourth-order valence-corrected chi connectivity index (χ4v) is 4.55. The van der Waals surface area contributed by atoms with Crippen LogP contribution in [0.3, 0.4) is 0 Å². The summed E-state index contributed by atoms with van der Waals surface area (Å²) in [5.41, 5.74) is 0.766. The Morgan fingerprint density at radius 3 is 2.15 bits per heavy atom. The maximum atomic E-state index is 13.1. The summed E-state index contributed by atoms with van der Waals surface area (Å²) >= 11 is 0. The number of rotatable bonds is 5. The molecule has 0 aliphatic carbocycles. The van der Waals surface area contributed by atoms with Gasteiger partial charge in [-0.15, -0.1) is 0 Å². The number of methoxy groups -OCH3 is 1. The normalized spacial score (nSPS) is 19.7. The van der Waals surface area contributed by atoms with Gasteiger partial charge in [0.2, 0.25) is 0 Å². The molecule has 5 rings (SSSR count). The Morgan fingerprint density at radius 1 is 0.939 bits per heavy atom. The van der Waals surface area contributed by atoms with Crippen molar-refractivity contribution in [3.05, 3.63) is 101 Å². The van der Waals surface area contributed by atoms with E-state index in [1.807, 2.05) is 30.3 Å². The van der Waals surface area contributed by atoms with E-state index in [9.17, 15) is 19.5 Å². The number of benzene rings is 3. The molecule has 2 atom stereocenters. The van der Waals surface area contributed by atoms with E-state index >= 15 is 0 Å². The molecule has 0 saturated heterocycles. The summed E-state index contributed by atoms with van der Waals surface area (Å²) in [6.07, 6.45) is -0.296. The van der Waals surface area contributed by atoms with E-state index in [2.05, 4.69) is 4.99 Å². The van der Waals surface area contributed by atoms with Crippen LogP contribution in [-0.4, -0.2) is 46.7 Å². The van der Waals surface area contributed by atoms with Gasteiger partial charge in [0.05, 0.1) is 29.6 Å². The summed E-state index contributed by atoms with van der Waals surface area (Å²) < 4.78 is 4.97. The molecule has 7 nitrogen and oxygen atoms in total. The zero-order valence-corrected chi connectivity index (χ0v) is 17.8. The van der Waals surface area contributed by atoms with Gasteiger partial charge >= 0.3 is 5.97 Å². The first-order valence-electron chi connectivity index (χ1n) is 10.5. The number of esters is 1. The highest BCUT2D eigenvalue weighted by atomic mass is 16.5. The predicted octanol–water partition coefficient (Wildman–Crippen LogP) is 3.24. The number of hydrogen-bond donors (Lipinski definition) is 1. The molecule has 2 aliphatic heterocycles. The molecule has 2 heterocycles. The molecule has 0 unspecified atom stereocenters. The van der Waals surface area contributed by atoms with Crippen molar-refractivity contribution in [3.8, 4) is 0 Å². The molecule has 1 N–H and O–H groups in total. The fraction of sp³-hybridized carbons (Fsp3) is 0.154.